The second-order valence-corrected chi connectivity index (χ2v) is 7.96. The van der Waals surface area contributed by atoms with Gasteiger partial charge in [0.1, 0.15) is 0 Å². The lowest BCUT2D eigenvalue weighted by molar-refractivity contribution is -0.135. The minimum atomic E-state index is -0.225. The maximum Gasteiger partial charge on any atom is 0.314 e. The van der Waals surface area contributed by atoms with E-state index in [1.54, 1.807) is 24.3 Å². The first kappa shape index (κ1) is 19.3. The van der Waals surface area contributed by atoms with Crippen molar-refractivity contribution in [3.05, 3.63) is 58.5 Å². The number of nitrogens with one attached hydrogen (secondary N) is 1. The molecule has 1 aliphatic heterocycles. The lowest BCUT2D eigenvalue weighted by Crippen LogP contribution is -2.19. The van der Waals surface area contributed by atoms with Gasteiger partial charge in [-0.25, -0.2) is 4.99 Å². The number of aliphatic imine (C=N–C) groups is 1. The number of carbonyl (C=O) groups is 2. The molecule has 0 unspecified atom stereocenters. The zero-order chi connectivity index (χ0) is 20.4. The van der Waals surface area contributed by atoms with Crippen LogP contribution < -0.4 is 14.8 Å². The van der Waals surface area contributed by atoms with Gasteiger partial charge in [-0.3, -0.25) is 9.59 Å². The van der Waals surface area contributed by atoms with Crippen LogP contribution in [-0.2, 0) is 9.59 Å². The molecular weight excluding hydrogens is 388 g/mol. The number of methoxy groups -OCH3 is 1. The summed E-state index contributed by atoms with van der Waals surface area (Å²) in [5.41, 5.74) is 2.66. The van der Waals surface area contributed by atoms with E-state index in [1.165, 1.54) is 18.9 Å². The third kappa shape index (κ3) is 4.68. The summed E-state index contributed by atoms with van der Waals surface area (Å²) < 4.78 is 10.8. The first-order valence-corrected chi connectivity index (χ1v) is 10.1. The summed E-state index contributed by atoms with van der Waals surface area (Å²) in [5.74, 6) is 0.412. The summed E-state index contributed by atoms with van der Waals surface area (Å²) in [4.78, 5) is 29.2. The van der Waals surface area contributed by atoms with Gasteiger partial charge in [-0.15, -0.1) is 0 Å². The zero-order valence-corrected chi connectivity index (χ0v) is 16.9. The molecule has 4 rings (SSSR count). The normalized spacial score (nSPS) is 18.8. The van der Waals surface area contributed by atoms with E-state index in [9.17, 15) is 9.59 Å². The largest absolute Gasteiger partial charge is 0.493 e. The topological polar surface area (TPSA) is 77.0 Å². The fraction of sp³-hybridized carbons (Fsp3) is 0.227. The number of nitrogens with zero attached hydrogens (tertiary/aromatic N) is 1. The predicted molar refractivity (Wildman–Crippen MR) is 113 cm³/mol. The number of aryl methyl sites for hydroxylation is 1. The molecule has 1 saturated carbocycles. The van der Waals surface area contributed by atoms with Gasteiger partial charge in [0, 0.05) is 0 Å². The van der Waals surface area contributed by atoms with Crippen LogP contribution in [0.2, 0.25) is 0 Å². The molecule has 2 aromatic rings. The molecule has 148 valence electrons. The van der Waals surface area contributed by atoms with Crippen molar-refractivity contribution in [1.82, 2.24) is 5.32 Å². The minimum Gasteiger partial charge on any atom is -0.493 e. The average Bonchev–Trinajstić information content (AvgIpc) is 3.49. The van der Waals surface area contributed by atoms with Gasteiger partial charge in [0.25, 0.3) is 5.91 Å². The van der Waals surface area contributed by atoms with Crippen molar-refractivity contribution in [2.24, 2.45) is 10.9 Å². The first-order chi connectivity index (χ1) is 14.0. The number of benzene rings is 2. The SMILES string of the molecule is COc1cc(/C=C2\SC(=Nc3cccc(C)c3)NC2=O)ccc1OC(=O)C1CC1. The van der Waals surface area contributed by atoms with Gasteiger partial charge in [-0.2, -0.15) is 0 Å². The molecule has 1 N–H and O–H groups in total. The third-order valence-corrected chi connectivity index (χ3v) is 5.40. The van der Waals surface area contributed by atoms with Crippen molar-refractivity contribution in [1.29, 1.82) is 0 Å². The number of amidine groups is 1. The van der Waals surface area contributed by atoms with E-state index >= 15 is 0 Å². The Morgan fingerprint density at radius 2 is 2.03 bits per heavy atom. The van der Waals surface area contributed by atoms with Gasteiger partial charge < -0.3 is 14.8 Å². The molecule has 29 heavy (non-hydrogen) atoms. The monoisotopic (exact) mass is 408 g/mol. The summed E-state index contributed by atoms with van der Waals surface area (Å²) in [6.45, 7) is 1.99. The van der Waals surface area contributed by atoms with Crippen molar-refractivity contribution in [2.75, 3.05) is 7.11 Å². The Hall–Kier alpha value is -3.06. The van der Waals surface area contributed by atoms with Crippen LogP contribution in [0.15, 0.2) is 52.4 Å². The van der Waals surface area contributed by atoms with E-state index in [2.05, 4.69) is 10.3 Å². The summed E-state index contributed by atoms with van der Waals surface area (Å²) in [5, 5.41) is 3.32. The van der Waals surface area contributed by atoms with Crippen molar-refractivity contribution >= 4 is 40.6 Å². The summed E-state index contributed by atoms with van der Waals surface area (Å²) >= 11 is 1.28. The van der Waals surface area contributed by atoms with Crippen LogP contribution in [0.1, 0.15) is 24.0 Å². The van der Waals surface area contributed by atoms with Crippen molar-refractivity contribution in [2.45, 2.75) is 19.8 Å². The smallest absolute Gasteiger partial charge is 0.314 e. The van der Waals surface area contributed by atoms with Crippen molar-refractivity contribution in [3.8, 4) is 11.5 Å². The molecule has 7 heteroatoms. The lowest BCUT2D eigenvalue weighted by atomic mass is 10.2. The van der Waals surface area contributed by atoms with E-state index in [0.717, 1.165) is 29.7 Å². The van der Waals surface area contributed by atoms with Crippen LogP contribution in [0.5, 0.6) is 11.5 Å². The lowest BCUT2D eigenvalue weighted by Gasteiger charge is -2.09. The highest BCUT2D eigenvalue weighted by atomic mass is 32.2. The van der Waals surface area contributed by atoms with Crippen LogP contribution in [0, 0.1) is 12.8 Å². The molecule has 0 atom stereocenters. The highest BCUT2D eigenvalue weighted by Gasteiger charge is 2.32. The Morgan fingerprint density at radius 1 is 1.21 bits per heavy atom. The van der Waals surface area contributed by atoms with E-state index < -0.39 is 0 Å². The molecule has 1 aliphatic carbocycles. The van der Waals surface area contributed by atoms with Gasteiger partial charge in [0.2, 0.25) is 0 Å². The highest BCUT2D eigenvalue weighted by Crippen LogP contribution is 2.35. The molecule has 2 aliphatic rings. The Labute approximate surface area is 173 Å². The highest BCUT2D eigenvalue weighted by molar-refractivity contribution is 8.18. The maximum absolute atomic E-state index is 12.3. The van der Waals surface area contributed by atoms with Crippen LogP contribution in [0.4, 0.5) is 5.69 Å². The Kier molecular flexibility index (Phi) is 5.40. The van der Waals surface area contributed by atoms with Gasteiger partial charge in [-0.05, 0) is 73.0 Å². The predicted octanol–water partition coefficient (Wildman–Crippen LogP) is 4.21. The summed E-state index contributed by atoms with van der Waals surface area (Å²) in [6, 6.07) is 13.0. The van der Waals surface area contributed by atoms with Gasteiger partial charge in [0.05, 0.1) is 23.6 Å². The van der Waals surface area contributed by atoms with Crippen LogP contribution in [0.25, 0.3) is 6.08 Å². The van der Waals surface area contributed by atoms with Crippen LogP contribution >= 0.6 is 11.8 Å². The molecule has 6 nitrogen and oxygen atoms in total. The van der Waals surface area contributed by atoms with E-state index in [0.29, 0.717) is 21.6 Å². The number of amides is 1. The van der Waals surface area contributed by atoms with Crippen molar-refractivity contribution < 1.29 is 19.1 Å². The molecule has 2 fully saturated rings. The molecule has 0 radical (unpaired) electrons. The zero-order valence-electron chi connectivity index (χ0n) is 16.1. The molecule has 1 amide bonds. The Bertz CT molecular complexity index is 1040. The van der Waals surface area contributed by atoms with E-state index in [-0.39, 0.29) is 17.8 Å². The quantitative estimate of drug-likeness (QED) is 0.456. The number of thioether (sulfide) groups is 1. The number of ether oxygens (including phenoxy) is 2. The van der Waals surface area contributed by atoms with E-state index in [1.807, 2.05) is 31.2 Å². The standard InChI is InChI=1S/C22H20N2O4S/c1-13-4-3-5-16(10-13)23-22-24-20(25)19(29-22)12-14-6-9-17(18(11-14)27-2)28-21(26)15-7-8-15/h3-6,9-12,15H,7-8H2,1-2H3,(H,23,24,25)/b19-12-. The van der Waals surface area contributed by atoms with Crippen LogP contribution in [0.3, 0.4) is 0 Å². The van der Waals surface area contributed by atoms with Gasteiger partial charge in [-0.1, -0.05) is 18.2 Å². The second-order valence-electron chi connectivity index (χ2n) is 6.93. The maximum atomic E-state index is 12.3. The first-order valence-electron chi connectivity index (χ1n) is 9.28. The van der Waals surface area contributed by atoms with E-state index in [4.69, 9.17) is 9.47 Å². The molecule has 1 heterocycles. The third-order valence-electron chi connectivity index (χ3n) is 4.49. The average molecular weight is 408 g/mol. The Balaban J connectivity index is 1.52. The summed E-state index contributed by atoms with van der Waals surface area (Å²) in [7, 11) is 1.52. The van der Waals surface area contributed by atoms with Gasteiger partial charge >= 0.3 is 5.97 Å². The molecule has 1 saturated heterocycles. The molecule has 0 bridgehead atoms. The Morgan fingerprint density at radius 3 is 2.76 bits per heavy atom. The second kappa shape index (κ2) is 8.13. The van der Waals surface area contributed by atoms with Gasteiger partial charge in [0.15, 0.2) is 16.7 Å². The fourth-order valence-electron chi connectivity index (χ4n) is 2.82. The summed E-state index contributed by atoms with van der Waals surface area (Å²) in [6.07, 6.45) is 3.52. The molecular formula is C22H20N2O4S. The molecule has 0 spiro atoms. The number of hydrogen-bond acceptors (Lipinski definition) is 6. The molecule has 0 aromatic heterocycles. The number of rotatable bonds is 5. The molecule has 2 aromatic carbocycles. The minimum absolute atomic E-state index is 0.00574. The fourth-order valence-corrected chi connectivity index (χ4v) is 3.66. The van der Waals surface area contributed by atoms with Crippen molar-refractivity contribution in [3.63, 3.8) is 0 Å². The number of hydrogen-bond donors (Lipinski definition) is 1. The number of esters is 1. The number of carbonyl (C=O) groups excluding carboxylic acids is 2. The van der Waals surface area contributed by atoms with Crippen LogP contribution in [-0.4, -0.2) is 24.2 Å².